The van der Waals surface area contributed by atoms with Crippen LogP contribution in [0.1, 0.15) is 5.56 Å². The lowest BCUT2D eigenvalue weighted by atomic mass is 10.0. The van der Waals surface area contributed by atoms with Gasteiger partial charge in [-0.2, -0.15) is 0 Å². The van der Waals surface area contributed by atoms with E-state index in [0.717, 1.165) is 43.7 Å². The first-order valence-electron chi connectivity index (χ1n) is 11.8. The second kappa shape index (κ2) is 9.24. The number of aromatic nitrogens is 3. The van der Waals surface area contributed by atoms with Crippen LogP contribution in [-0.2, 0) is 0 Å². The summed E-state index contributed by atoms with van der Waals surface area (Å²) in [6.45, 7) is 8.32. The van der Waals surface area contributed by atoms with Crippen LogP contribution in [0.4, 0.5) is 17.3 Å². The Hall–Kier alpha value is -3.39. The third-order valence-corrected chi connectivity index (χ3v) is 7.67. The van der Waals surface area contributed by atoms with Gasteiger partial charge in [0.2, 0.25) is 5.95 Å². The average Bonchev–Trinajstić information content (AvgIpc) is 3.48. The number of hydrogen-bond donors (Lipinski definition) is 2. The van der Waals surface area contributed by atoms with Crippen molar-refractivity contribution in [1.82, 2.24) is 19.9 Å². The third kappa shape index (κ3) is 4.03. The largest absolute Gasteiger partial charge is 0.371 e. The molecule has 2 aromatic carbocycles. The van der Waals surface area contributed by atoms with Crippen LogP contribution in [0.5, 0.6) is 0 Å². The van der Waals surface area contributed by atoms with E-state index >= 15 is 0 Å². The number of rotatable bonds is 5. The van der Waals surface area contributed by atoms with Gasteiger partial charge in [-0.15, -0.1) is 0 Å². The second-order valence-electron chi connectivity index (χ2n) is 9.25. The van der Waals surface area contributed by atoms with E-state index in [0.29, 0.717) is 38.1 Å². The molecule has 2 unspecified atom stereocenters. The SMILES string of the molecule is C=Cc1cn(-c2c(Cl)cccc2Cl)c(=O)c2cnc(Nc3ccc(N4CC5CNCC5C4)cc3)nc12. The van der Waals surface area contributed by atoms with Gasteiger partial charge in [-0.3, -0.25) is 9.36 Å². The highest BCUT2D eigenvalue weighted by atomic mass is 35.5. The molecule has 0 bridgehead atoms. The van der Waals surface area contributed by atoms with Crippen LogP contribution >= 0.6 is 23.2 Å². The molecule has 0 spiro atoms. The van der Waals surface area contributed by atoms with Crippen molar-refractivity contribution in [2.45, 2.75) is 0 Å². The molecular formula is C27H24Cl2N6O. The van der Waals surface area contributed by atoms with Gasteiger partial charge in [0.15, 0.2) is 0 Å². The topological polar surface area (TPSA) is 75.1 Å². The minimum atomic E-state index is -0.313. The lowest BCUT2D eigenvalue weighted by molar-refractivity contribution is 0.533. The Kier molecular flexibility index (Phi) is 5.91. The third-order valence-electron chi connectivity index (χ3n) is 7.06. The van der Waals surface area contributed by atoms with Crippen molar-refractivity contribution in [3.8, 4) is 5.69 Å². The van der Waals surface area contributed by atoms with Gasteiger partial charge in [0.05, 0.1) is 26.6 Å². The standard InChI is InChI=1S/C27H24Cl2N6O/c1-2-16-15-35(25-22(28)4-3-5-23(25)29)26(36)21-12-31-27(33-24(16)21)32-19-6-8-20(9-7-19)34-13-17-10-30-11-18(17)14-34/h2-9,12,15,17-18,30H,1,10-11,13-14H2,(H,31,32,33). The molecule has 2 aliphatic rings. The molecule has 4 heterocycles. The van der Waals surface area contributed by atoms with Crippen LogP contribution in [0, 0.1) is 11.8 Å². The monoisotopic (exact) mass is 518 g/mol. The van der Waals surface area contributed by atoms with Gasteiger partial charge in [0.1, 0.15) is 0 Å². The van der Waals surface area contributed by atoms with Crippen LogP contribution in [0.25, 0.3) is 22.7 Å². The summed E-state index contributed by atoms with van der Waals surface area (Å²) in [5.41, 5.74) is 3.36. The average molecular weight is 519 g/mol. The molecule has 9 heteroatoms. The van der Waals surface area contributed by atoms with E-state index in [-0.39, 0.29) is 5.56 Å². The Morgan fingerprint density at radius 3 is 2.42 bits per heavy atom. The van der Waals surface area contributed by atoms with Crippen LogP contribution < -0.4 is 21.1 Å². The zero-order valence-electron chi connectivity index (χ0n) is 19.4. The molecule has 2 fully saturated rings. The number of benzene rings is 2. The van der Waals surface area contributed by atoms with Crippen molar-refractivity contribution in [1.29, 1.82) is 0 Å². The van der Waals surface area contributed by atoms with Crippen LogP contribution in [0.2, 0.25) is 10.0 Å². The summed E-state index contributed by atoms with van der Waals surface area (Å²) < 4.78 is 1.42. The first kappa shape index (κ1) is 23.0. The molecule has 2 aliphatic heterocycles. The predicted molar refractivity (Wildman–Crippen MR) is 147 cm³/mol. The molecule has 0 aliphatic carbocycles. The van der Waals surface area contributed by atoms with Gasteiger partial charge in [0.25, 0.3) is 5.56 Å². The Bertz CT molecular complexity index is 1500. The van der Waals surface area contributed by atoms with E-state index in [1.54, 1.807) is 30.5 Å². The molecular weight excluding hydrogens is 495 g/mol. The van der Waals surface area contributed by atoms with E-state index in [4.69, 9.17) is 23.2 Å². The summed E-state index contributed by atoms with van der Waals surface area (Å²) in [7, 11) is 0. The minimum absolute atomic E-state index is 0.313. The highest BCUT2D eigenvalue weighted by Crippen LogP contribution is 2.32. The zero-order valence-corrected chi connectivity index (χ0v) is 20.9. The molecule has 0 amide bonds. The molecule has 0 radical (unpaired) electrons. The van der Waals surface area contributed by atoms with E-state index in [1.807, 2.05) is 12.1 Å². The number of fused-ring (bicyclic) bond motifs is 2. The van der Waals surface area contributed by atoms with Crippen molar-refractivity contribution in [3.63, 3.8) is 0 Å². The molecule has 4 aromatic rings. The molecule has 2 aromatic heterocycles. The molecule has 2 atom stereocenters. The summed E-state index contributed by atoms with van der Waals surface area (Å²) in [5.74, 6) is 1.88. The fourth-order valence-electron chi connectivity index (χ4n) is 5.19. The quantitative estimate of drug-likeness (QED) is 0.381. The van der Waals surface area contributed by atoms with E-state index in [1.165, 1.54) is 16.5 Å². The number of nitrogens with one attached hydrogen (secondary N) is 2. The van der Waals surface area contributed by atoms with Gasteiger partial charge in [-0.25, -0.2) is 9.97 Å². The Balaban J connectivity index is 1.29. The Morgan fingerprint density at radius 2 is 1.75 bits per heavy atom. The number of nitrogens with zero attached hydrogens (tertiary/aromatic N) is 4. The molecule has 7 nitrogen and oxygen atoms in total. The van der Waals surface area contributed by atoms with Gasteiger partial charge < -0.3 is 15.5 Å². The lowest BCUT2D eigenvalue weighted by Crippen LogP contribution is -2.25. The van der Waals surface area contributed by atoms with Gasteiger partial charge >= 0.3 is 0 Å². The molecule has 2 N–H and O–H groups in total. The van der Waals surface area contributed by atoms with Crippen molar-refractivity contribution in [3.05, 3.63) is 87.4 Å². The van der Waals surface area contributed by atoms with Crippen LogP contribution in [0.15, 0.2) is 66.2 Å². The fraction of sp³-hybridized carbons (Fsp3) is 0.222. The van der Waals surface area contributed by atoms with Gasteiger partial charge in [-0.05, 0) is 48.2 Å². The first-order chi connectivity index (χ1) is 17.5. The van der Waals surface area contributed by atoms with Crippen molar-refractivity contribution < 1.29 is 0 Å². The van der Waals surface area contributed by atoms with Gasteiger partial charge in [0, 0.05) is 55.5 Å². The maximum Gasteiger partial charge on any atom is 0.266 e. The maximum atomic E-state index is 13.3. The fourth-order valence-corrected chi connectivity index (χ4v) is 5.77. The first-order valence-corrected chi connectivity index (χ1v) is 12.6. The maximum absolute atomic E-state index is 13.3. The second-order valence-corrected chi connectivity index (χ2v) is 10.1. The number of halogens is 2. The normalized spacial score (nSPS) is 19.0. The highest BCUT2D eigenvalue weighted by Gasteiger charge is 2.36. The Morgan fingerprint density at radius 1 is 1.06 bits per heavy atom. The van der Waals surface area contributed by atoms with Crippen molar-refractivity contribution in [2.75, 3.05) is 36.4 Å². The summed E-state index contributed by atoms with van der Waals surface area (Å²) in [5, 5.41) is 7.82. The molecule has 2 saturated heterocycles. The number of para-hydroxylation sites is 1. The summed E-state index contributed by atoms with van der Waals surface area (Å²) in [6.07, 6.45) is 4.82. The highest BCUT2D eigenvalue weighted by molar-refractivity contribution is 6.37. The summed E-state index contributed by atoms with van der Waals surface area (Å²) >= 11 is 12.7. The zero-order chi connectivity index (χ0) is 24.8. The molecule has 36 heavy (non-hydrogen) atoms. The Labute approximate surface area is 218 Å². The summed E-state index contributed by atoms with van der Waals surface area (Å²) in [6, 6.07) is 13.4. The number of hydrogen-bond acceptors (Lipinski definition) is 6. The molecule has 0 saturated carbocycles. The van der Waals surface area contributed by atoms with E-state index in [9.17, 15) is 4.79 Å². The minimum Gasteiger partial charge on any atom is -0.371 e. The summed E-state index contributed by atoms with van der Waals surface area (Å²) in [4.78, 5) is 24.8. The smallest absolute Gasteiger partial charge is 0.266 e. The van der Waals surface area contributed by atoms with Crippen LogP contribution in [0.3, 0.4) is 0 Å². The van der Waals surface area contributed by atoms with Crippen LogP contribution in [-0.4, -0.2) is 40.7 Å². The van der Waals surface area contributed by atoms with Crippen molar-refractivity contribution >= 4 is 57.5 Å². The number of anilines is 3. The van der Waals surface area contributed by atoms with E-state index in [2.05, 4.69) is 44.2 Å². The number of pyridine rings is 1. The lowest BCUT2D eigenvalue weighted by Gasteiger charge is -2.20. The molecule has 182 valence electrons. The predicted octanol–water partition coefficient (Wildman–Crippen LogP) is 5.13. The van der Waals surface area contributed by atoms with Gasteiger partial charge in [-0.1, -0.05) is 41.9 Å². The molecule has 6 rings (SSSR count). The van der Waals surface area contributed by atoms with E-state index < -0.39 is 0 Å². The van der Waals surface area contributed by atoms with Crippen molar-refractivity contribution in [2.24, 2.45) is 11.8 Å².